The summed E-state index contributed by atoms with van der Waals surface area (Å²) in [5.41, 5.74) is -0.225. The van der Waals surface area contributed by atoms with E-state index in [1.54, 1.807) is 0 Å². The number of hydrogen-bond acceptors (Lipinski definition) is 2. The molecule has 36 heavy (non-hydrogen) atoms. The fourth-order valence-corrected chi connectivity index (χ4v) is 5.97. The molecule has 0 spiro atoms. The zero-order valence-corrected chi connectivity index (χ0v) is 25.8. The van der Waals surface area contributed by atoms with Gasteiger partial charge in [-0.05, 0) is 32.1 Å². The molecule has 0 aliphatic rings. The normalized spacial score (nSPS) is 11.9. The van der Waals surface area contributed by atoms with Crippen LogP contribution in [0.5, 0.6) is 0 Å². The van der Waals surface area contributed by atoms with Crippen molar-refractivity contribution in [3.8, 4) is 0 Å². The van der Waals surface area contributed by atoms with Crippen molar-refractivity contribution in [1.29, 1.82) is 0 Å². The lowest BCUT2D eigenvalue weighted by atomic mass is 9.73. The summed E-state index contributed by atoms with van der Waals surface area (Å²) in [6.07, 6.45) is 32.3. The highest BCUT2D eigenvalue weighted by atomic mass is 16.5. The minimum Gasteiger partial charge on any atom is -0.466 e. The van der Waals surface area contributed by atoms with Crippen LogP contribution in [0.2, 0.25) is 0 Å². The summed E-state index contributed by atoms with van der Waals surface area (Å²) in [7, 11) is 0. The van der Waals surface area contributed by atoms with Gasteiger partial charge in [-0.15, -0.1) is 0 Å². The van der Waals surface area contributed by atoms with Gasteiger partial charge in [0.1, 0.15) is 0 Å². The molecule has 2 heteroatoms. The van der Waals surface area contributed by atoms with Crippen molar-refractivity contribution in [2.45, 2.75) is 195 Å². The number of carbonyl (C=O) groups excluding carboxylic acids is 1. The molecule has 0 fully saturated rings. The Kier molecular flexibility index (Phi) is 25.7. The van der Waals surface area contributed by atoms with E-state index in [0.717, 1.165) is 25.2 Å². The topological polar surface area (TPSA) is 26.3 Å². The summed E-state index contributed by atoms with van der Waals surface area (Å²) in [5, 5.41) is 0. The first-order chi connectivity index (χ1) is 17.6. The minimum atomic E-state index is -0.225. The Bertz CT molecular complexity index is 434. The predicted molar refractivity (Wildman–Crippen MR) is 161 cm³/mol. The zero-order valence-electron chi connectivity index (χ0n) is 25.8. The second kappa shape index (κ2) is 26.1. The maximum Gasteiger partial charge on any atom is 0.312 e. The van der Waals surface area contributed by atoms with Gasteiger partial charge in [0.25, 0.3) is 0 Å². The molecule has 0 rings (SSSR count). The SMILES string of the molecule is CCCCCCC(CCCCCC)CCCCCC(CCCCCC)(CCCCCC)C(=O)OCC. The summed E-state index contributed by atoms with van der Waals surface area (Å²) in [6, 6.07) is 0. The first-order valence-corrected chi connectivity index (χ1v) is 16.8. The standard InChI is InChI=1S/C34H68O2/c1-6-11-15-20-26-32(27-21-16-12-7-2)28-22-19-25-31-34(33(35)36-10-5,29-23-17-13-8-3)30-24-18-14-9-4/h32H,6-31H2,1-5H3. The van der Waals surface area contributed by atoms with Gasteiger partial charge in [0.15, 0.2) is 0 Å². The fourth-order valence-electron chi connectivity index (χ4n) is 5.97. The Labute approximate surface area is 228 Å². The molecule has 0 unspecified atom stereocenters. The lowest BCUT2D eigenvalue weighted by molar-refractivity contribution is -0.157. The molecule has 0 saturated heterocycles. The third-order valence-electron chi connectivity index (χ3n) is 8.43. The van der Waals surface area contributed by atoms with Gasteiger partial charge in [-0.1, -0.05) is 169 Å². The number of esters is 1. The molecule has 0 radical (unpaired) electrons. The Morgan fingerprint density at radius 3 is 1.17 bits per heavy atom. The number of rotatable bonds is 28. The number of unbranched alkanes of at least 4 members (excludes halogenated alkanes) is 14. The fraction of sp³-hybridized carbons (Fsp3) is 0.971. The van der Waals surface area contributed by atoms with E-state index >= 15 is 0 Å². The van der Waals surface area contributed by atoms with E-state index in [9.17, 15) is 4.79 Å². The van der Waals surface area contributed by atoms with E-state index < -0.39 is 0 Å². The highest BCUT2D eigenvalue weighted by Crippen LogP contribution is 2.39. The molecule has 2 nitrogen and oxygen atoms in total. The van der Waals surface area contributed by atoms with Crippen molar-refractivity contribution in [2.24, 2.45) is 11.3 Å². The molecule has 0 aliphatic heterocycles. The largest absolute Gasteiger partial charge is 0.466 e. The average molecular weight is 509 g/mol. The maximum absolute atomic E-state index is 13.3. The molecule has 0 aliphatic carbocycles. The molecule has 0 atom stereocenters. The molecule has 0 bridgehead atoms. The van der Waals surface area contributed by atoms with Gasteiger partial charge in [0.05, 0.1) is 12.0 Å². The molecule has 0 heterocycles. The highest BCUT2D eigenvalue weighted by molar-refractivity contribution is 5.76. The van der Waals surface area contributed by atoms with Crippen LogP contribution >= 0.6 is 0 Å². The molecule has 0 N–H and O–H groups in total. The van der Waals surface area contributed by atoms with Gasteiger partial charge < -0.3 is 4.74 Å². The second-order valence-electron chi connectivity index (χ2n) is 11.8. The minimum absolute atomic E-state index is 0.114. The van der Waals surface area contributed by atoms with Crippen LogP contribution in [0.25, 0.3) is 0 Å². The van der Waals surface area contributed by atoms with Crippen LogP contribution in [-0.2, 0) is 9.53 Å². The van der Waals surface area contributed by atoms with Crippen LogP contribution in [0.15, 0.2) is 0 Å². The molecular formula is C34H68O2. The first kappa shape index (κ1) is 35.5. The number of carbonyl (C=O) groups is 1. The van der Waals surface area contributed by atoms with Crippen LogP contribution < -0.4 is 0 Å². The highest BCUT2D eigenvalue weighted by Gasteiger charge is 2.38. The summed E-state index contributed by atoms with van der Waals surface area (Å²) in [5.74, 6) is 1.04. The van der Waals surface area contributed by atoms with Crippen molar-refractivity contribution < 1.29 is 9.53 Å². The van der Waals surface area contributed by atoms with Crippen molar-refractivity contribution in [1.82, 2.24) is 0 Å². The Balaban J connectivity index is 4.86. The van der Waals surface area contributed by atoms with Crippen molar-refractivity contribution in [2.75, 3.05) is 6.61 Å². The smallest absolute Gasteiger partial charge is 0.312 e. The summed E-state index contributed by atoms with van der Waals surface area (Å²) >= 11 is 0. The molecule has 0 saturated carbocycles. The molecule has 0 aromatic carbocycles. The van der Waals surface area contributed by atoms with Gasteiger partial charge >= 0.3 is 5.97 Å². The van der Waals surface area contributed by atoms with E-state index in [0.29, 0.717) is 6.61 Å². The lowest BCUT2D eigenvalue weighted by Crippen LogP contribution is -2.33. The van der Waals surface area contributed by atoms with E-state index in [-0.39, 0.29) is 11.4 Å². The quantitative estimate of drug-likeness (QED) is 0.0775. The van der Waals surface area contributed by atoms with Crippen molar-refractivity contribution >= 4 is 5.97 Å². The van der Waals surface area contributed by atoms with Crippen molar-refractivity contribution in [3.63, 3.8) is 0 Å². The van der Waals surface area contributed by atoms with Gasteiger partial charge in [0.2, 0.25) is 0 Å². The number of ether oxygens (including phenoxy) is 1. The van der Waals surface area contributed by atoms with Crippen LogP contribution in [0.1, 0.15) is 195 Å². The Morgan fingerprint density at radius 1 is 0.500 bits per heavy atom. The summed E-state index contributed by atoms with van der Waals surface area (Å²) in [6.45, 7) is 11.6. The molecule has 0 amide bonds. The van der Waals surface area contributed by atoms with Gasteiger partial charge in [-0.25, -0.2) is 0 Å². The monoisotopic (exact) mass is 509 g/mol. The van der Waals surface area contributed by atoms with Crippen molar-refractivity contribution in [3.05, 3.63) is 0 Å². The van der Waals surface area contributed by atoms with E-state index in [4.69, 9.17) is 4.74 Å². The summed E-state index contributed by atoms with van der Waals surface area (Å²) in [4.78, 5) is 13.3. The van der Waals surface area contributed by atoms with Crippen LogP contribution in [-0.4, -0.2) is 12.6 Å². The zero-order chi connectivity index (χ0) is 26.7. The van der Waals surface area contributed by atoms with Crippen LogP contribution in [0.3, 0.4) is 0 Å². The Hall–Kier alpha value is -0.530. The average Bonchev–Trinajstić information content (AvgIpc) is 2.88. The second-order valence-corrected chi connectivity index (χ2v) is 11.8. The number of hydrogen-bond donors (Lipinski definition) is 0. The third-order valence-corrected chi connectivity index (χ3v) is 8.43. The summed E-state index contributed by atoms with van der Waals surface area (Å²) < 4.78 is 5.71. The van der Waals surface area contributed by atoms with Gasteiger partial charge in [-0.3, -0.25) is 4.79 Å². The van der Waals surface area contributed by atoms with Gasteiger partial charge in [0, 0.05) is 0 Å². The lowest BCUT2D eigenvalue weighted by Gasteiger charge is -2.32. The van der Waals surface area contributed by atoms with E-state index in [1.165, 1.54) is 141 Å². The third kappa shape index (κ3) is 18.7. The molecular weight excluding hydrogens is 440 g/mol. The Morgan fingerprint density at radius 2 is 0.833 bits per heavy atom. The van der Waals surface area contributed by atoms with E-state index in [2.05, 4.69) is 27.7 Å². The maximum atomic E-state index is 13.3. The predicted octanol–water partition coefficient (Wildman–Crippen LogP) is 12.0. The molecule has 0 aromatic heterocycles. The molecule has 0 aromatic rings. The van der Waals surface area contributed by atoms with Crippen LogP contribution in [0.4, 0.5) is 0 Å². The van der Waals surface area contributed by atoms with Crippen LogP contribution in [0, 0.1) is 11.3 Å². The van der Waals surface area contributed by atoms with E-state index in [1.807, 2.05) is 6.92 Å². The molecule has 216 valence electrons. The van der Waals surface area contributed by atoms with Gasteiger partial charge in [-0.2, -0.15) is 0 Å². The first-order valence-electron chi connectivity index (χ1n) is 16.8.